The summed E-state index contributed by atoms with van der Waals surface area (Å²) in [6.45, 7) is 2.82. The average Bonchev–Trinajstić information content (AvgIpc) is 2.77. The van der Waals surface area contributed by atoms with Gasteiger partial charge in [0.25, 0.3) is 11.6 Å². The molecule has 0 unspecified atom stereocenters. The Morgan fingerprint density at radius 3 is 2.58 bits per heavy atom. The van der Waals surface area contributed by atoms with Crippen LogP contribution in [0, 0.1) is 10.1 Å². The first-order valence-electron chi connectivity index (χ1n) is 10.2. The van der Waals surface area contributed by atoms with Gasteiger partial charge in [-0.1, -0.05) is 19.8 Å². The Morgan fingerprint density at radius 2 is 1.94 bits per heavy atom. The highest BCUT2D eigenvalue weighted by Gasteiger charge is 2.32. The normalized spacial score (nSPS) is 12.8. The van der Waals surface area contributed by atoms with Gasteiger partial charge in [0.2, 0.25) is 0 Å². The third-order valence-electron chi connectivity index (χ3n) is 5.07. The summed E-state index contributed by atoms with van der Waals surface area (Å²) < 4.78 is 11.4. The number of amides is 3. The van der Waals surface area contributed by atoms with E-state index < -0.39 is 16.9 Å². The predicted molar refractivity (Wildman–Crippen MR) is 115 cm³/mol. The van der Waals surface area contributed by atoms with Gasteiger partial charge in [-0.15, -0.1) is 0 Å². The Hall–Kier alpha value is -3.62. The second kappa shape index (κ2) is 9.92. The number of nitrogens with one attached hydrogen (secondary N) is 1. The number of rotatable bonds is 8. The zero-order valence-corrected chi connectivity index (χ0v) is 17.6. The summed E-state index contributed by atoms with van der Waals surface area (Å²) in [5.41, 5.74) is 1.42. The fourth-order valence-electron chi connectivity index (χ4n) is 3.42. The van der Waals surface area contributed by atoms with Crippen LogP contribution in [0.2, 0.25) is 0 Å². The third-order valence-corrected chi connectivity index (χ3v) is 5.07. The van der Waals surface area contributed by atoms with E-state index in [0.29, 0.717) is 35.8 Å². The smallest absolute Gasteiger partial charge is 0.328 e. The minimum Gasteiger partial charge on any atom is -0.493 e. The van der Waals surface area contributed by atoms with Gasteiger partial charge in [0, 0.05) is 35.5 Å². The number of carbonyl (C=O) groups excluding carboxylic acids is 2. The fourth-order valence-corrected chi connectivity index (χ4v) is 3.42. The largest absolute Gasteiger partial charge is 0.493 e. The number of imide groups is 1. The van der Waals surface area contributed by atoms with Gasteiger partial charge in [-0.05, 0) is 37.1 Å². The van der Waals surface area contributed by atoms with Crippen molar-refractivity contribution in [2.24, 2.45) is 0 Å². The van der Waals surface area contributed by atoms with Gasteiger partial charge < -0.3 is 14.8 Å². The van der Waals surface area contributed by atoms with Gasteiger partial charge in [0.15, 0.2) is 11.5 Å². The number of carbonyl (C=O) groups is 2. The van der Waals surface area contributed by atoms with Crippen LogP contribution >= 0.6 is 0 Å². The molecule has 0 saturated carbocycles. The predicted octanol–water partition coefficient (Wildman–Crippen LogP) is 4.40. The zero-order chi connectivity index (χ0) is 22.4. The SMILES string of the molecule is CCCCCOc1c(OC)ccc2c1CCN(C(=O)Nc1ccc([N+](=O)[O-])cc1)C2=O. The van der Waals surface area contributed by atoms with E-state index >= 15 is 0 Å². The lowest BCUT2D eigenvalue weighted by atomic mass is 9.97. The van der Waals surface area contributed by atoms with Crippen LogP contribution in [0.3, 0.4) is 0 Å². The number of hydrogen-bond donors (Lipinski definition) is 1. The molecular weight excluding hydrogens is 402 g/mol. The lowest BCUT2D eigenvalue weighted by Gasteiger charge is -2.29. The molecule has 0 spiro atoms. The molecule has 2 aromatic rings. The number of fused-ring (bicyclic) bond motifs is 1. The van der Waals surface area contributed by atoms with E-state index in [2.05, 4.69) is 12.2 Å². The van der Waals surface area contributed by atoms with Gasteiger partial charge >= 0.3 is 6.03 Å². The monoisotopic (exact) mass is 427 g/mol. The molecule has 0 saturated heterocycles. The molecule has 3 rings (SSSR count). The Bertz CT molecular complexity index is 974. The van der Waals surface area contributed by atoms with Crippen molar-refractivity contribution >= 4 is 23.3 Å². The first-order valence-corrected chi connectivity index (χ1v) is 10.2. The van der Waals surface area contributed by atoms with Crippen LogP contribution in [0.15, 0.2) is 36.4 Å². The number of unbranched alkanes of at least 4 members (excludes halogenated alkanes) is 2. The van der Waals surface area contributed by atoms with Gasteiger partial charge in [0.1, 0.15) is 0 Å². The van der Waals surface area contributed by atoms with E-state index in [1.165, 1.54) is 24.3 Å². The molecule has 1 aliphatic heterocycles. The minimum atomic E-state index is -0.592. The number of nitrogens with zero attached hydrogens (tertiary/aromatic N) is 2. The molecule has 0 aliphatic carbocycles. The molecule has 2 aromatic carbocycles. The van der Waals surface area contributed by atoms with Gasteiger partial charge in [-0.25, -0.2) is 4.79 Å². The van der Waals surface area contributed by atoms with Crippen molar-refractivity contribution in [2.45, 2.75) is 32.6 Å². The van der Waals surface area contributed by atoms with Crippen LogP contribution in [-0.2, 0) is 6.42 Å². The lowest BCUT2D eigenvalue weighted by molar-refractivity contribution is -0.384. The third kappa shape index (κ3) is 4.93. The number of non-ortho nitro benzene ring substituents is 1. The first-order chi connectivity index (χ1) is 15.0. The van der Waals surface area contributed by atoms with Crippen LogP contribution in [0.1, 0.15) is 42.1 Å². The van der Waals surface area contributed by atoms with Crippen molar-refractivity contribution in [1.29, 1.82) is 0 Å². The van der Waals surface area contributed by atoms with Gasteiger partial charge in [-0.3, -0.25) is 19.8 Å². The molecule has 0 fully saturated rings. The van der Waals surface area contributed by atoms with Crippen LogP contribution in [0.5, 0.6) is 11.5 Å². The van der Waals surface area contributed by atoms with Crippen molar-refractivity contribution in [3.63, 3.8) is 0 Å². The van der Waals surface area contributed by atoms with Crippen molar-refractivity contribution in [3.8, 4) is 11.5 Å². The molecule has 3 amide bonds. The maximum Gasteiger partial charge on any atom is 0.328 e. The highest BCUT2D eigenvalue weighted by atomic mass is 16.6. The van der Waals surface area contributed by atoms with E-state index in [9.17, 15) is 19.7 Å². The Morgan fingerprint density at radius 1 is 1.19 bits per heavy atom. The Labute approximate surface area is 180 Å². The number of methoxy groups -OCH3 is 1. The standard InChI is InChI=1S/C22H25N3O6/c1-3-4-5-14-31-20-17-12-13-24(21(26)18(17)10-11-19(20)30-2)22(27)23-15-6-8-16(9-7-15)25(28)29/h6-11H,3-5,12-14H2,1-2H3,(H,23,27). The maximum absolute atomic E-state index is 13.0. The number of ether oxygens (including phenoxy) is 2. The van der Waals surface area contributed by atoms with E-state index in [1.54, 1.807) is 19.2 Å². The second-order valence-corrected chi connectivity index (χ2v) is 7.12. The Kier molecular flexibility index (Phi) is 7.07. The molecule has 1 heterocycles. The molecule has 9 heteroatoms. The molecule has 0 aromatic heterocycles. The summed E-state index contributed by atoms with van der Waals surface area (Å²) in [5, 5.41) is 13.4. The first kappa shape index (κ1) is 22.1. The van der Waals surface area contributed by atoms with Crippen molar-refractivity contribution in [3.05, 3.63) is 57.6 Å². The minimum absolute atomic E-state index is 0.0820. The van der Waals surface area contributed by atoms with Gasteiger partial charge in [0.05, 0.1) is 18.6 Å². The zero-order valence-electron chi connectivity index (χ0n) is 17.6. The number of benzene rings is 2. The Balaban J connectivity index is 1.76. The van der Waals surface area contributed by atoms with Crippen LogP contribution < -0.4 is 14.8 Å². The summed E-state index contributed by atoms with van der Waals surface area (Å²) in [6.07, 6.45) is 3.47. The fraction of sp³-hybridized carbons (Fsp3) is 0.364. The molecule has 1 N–H and O–H groups in total. The summed E-state index contributed by atoms with van der Waals surface area (Å²) in [7, 11) is 1.55. The highest BCUT2D eigenvalue weighted by Crippen LogP contribution is 2.37. The molecule has 0 atom stereocenters. The van der Waals surface area contributed by atoms with Crippen molar-refractivity contribution in [1.82, 2.24) is 4.90 Å². The average molecular weight is 427 g/mol. The van der Waals surface area contributed by atoms with E-state index in [0.717, 1.165) is 29.7 Å². The van der Waals surface area contributed by atoms with E-state index in [4.69, 9.17) is 9.47 Å². The van der Waals surface area contributed by atoms with Crippen LogP contribution in [0.4, 0.5) is 16.2 Å². The number of nitro benzene ring substituents is 1. The molecular formula is C22H25N3O6. The summed E-state index contributed by atoms with van der Waals surface area (Å²) in [5.74, 6) is 0.688. The number of anilines is 1. The van der Waals surface area contributed by atoms with Crippen LogP contribution in [0.25, 0.3) is 0 Å². The quantitative estimate of drug-likeness (QED) is 0.380. The number of hydrogen-bond acceptors (Lipinski definition) is 6. The van der Waals surface area contributed by atoms with Crippen LogP contribution in [-0.4, -0.2) is 42.0 Å². The topological polar surface area (TPSA) is 111 Å². The van der Waals surface area contributed by atoms with E-state index in [-0.39, 0.29) is 12.2 Å². The van der Waals surface area contributed by atoms with Crippen molar-refractivity contribution < 1.29 is 24.0 Å². The lowest BCUT2D eigenvalue weighted by Crippen LogP contribution is -2.44. The second-order valence-electron chi connectivity index (χ2n) is 7.12. The molecule has 9 nitrogen and oxygen atoms in total. The number of nitro groups is 1. The van der Waals surface area contributed by atoms with Crippen molar-refractivity contribution in [2.75, 3.05) is 25.6 Å². The molecule has 164 valence electrons. The number of urea groups is 1. The molecule has 31 heavy (non-hydrogen) atoms. The summed E-state index contributed by atoms with van der Waals surface area (Å²) in [4.78, 5) is 37.0. The van der Waals surface area contributed by atoms with Gasteiger partial charge in [-0.2, -0.15) is 0 Å². The summed E-state index contributed by atoms with van der Waals surface area (Å²) in [6, 6.07) is 8.14. The summed E-state index contributed by atoms with van der Waals surface area (Å²) >= 11 is 0. The maximum atomic E-state index is 13.0. The molecule has 0 bridgehead atoms. The highest BCUT2D eigenvalue weighted by molar-refractivity contribution is 6.09. The molecule has 1 aliphatic rings. The van der Waals surface area contributed by atoms with E-state index in [1.807, 2.05) is 0 Å². The molecule has 0 radical (unpaired) electrons.